The average molecular weight is 264 g/mol. The van der Waals surface area contributed by atoms with Crippen molar-refractivity contribution in [2.24, 2.45) is 0 Å². The SMILES string of the molecule is CCc1ccsc1C(=O)c1cccc(OC)c1F. The molecule has 2 nitrogen and oxygen atoms in total. The highest BCUT2D eigenvalue weighted by molar-refractivity contribution is 7.12. The number of rotatable bonds is 4. The minimum Gasteiger partial charge on any atom is -0.494 e. The fourth-order valence-electron chi connectivity index (χ4n) is 1.78. The fourth-order valence-corrected chi connectivity index (χ4v) is 2.73. The van der Waals surface area contributed by atoms with Crippen LogP contribution in [0.1, 0.15) is 27.7 Å². The first-order chi connectivity index (χ1) is 8.69. The lowest BCUT2D eigenvalue weighted by Gasteiger charge is -2.06. The second kappa shape index (κ2) is 5.31. The van der Waals surface area contributed by atoms with E-state index in [4.69, 9.17) is 4.74 Å². The molecule has 0 aliphatic heterocycles. The molecule has 2 aromatic rings. The summed E-state index contributed by atoms with van der Waals surface area (Å²) in [6, 6.07) is 6.50. The molecule has 94 valence electrons. The Balaban J connectivity index is 2.47. The van der Waals surface area contributed by atoms with Gasteiger partial charge in [-0.1, -0.05) is 13.0 Å². The summed E-state index contributed by atoms with van der Waals surface area (Å²) < 4.78 is 18.9. The van der Waals surface area contributed by atoms with Crippen LogP contribution in [0.3, 0.4) is 0 Å². The maximum Gasteiger partial charge on any atom is 0.206 e. The van der Waals surface area contributed by atoms with Gasteiger partial charge in [0, 0.05) is 0 Å². The first-order valence-corrected chi connectivity index (χ1v) is 6.50. The van der Waals surface area contributed by atoms with Crippen molar-refractivity contribution in [3.05, 3.63) is 51.5 Å². The Morgan fingerprint density at radius 3 is 2.83 bits per heavy atom. The van der Waals surface area contributed by atoms with Gasteiger partial charge in [0.2, 0.25) is 5.78 Å². The Morgan fingerprint density at radius 1 is 1.39 bits per heavy atom. The molecule has 1 aromatic heterocycles. The molecule has 0 aliphatic carbocycles. The van der Waals surface area contributed by atoms with Crippen molar-refractivity contribution < 1.29 is 13.9 Å². The van der Waals surface area contributed by atoms with Gasteiger partial charge < -0.3 is 4.74 Å². The lowest BCUT2D eigenvalue weighted by molar-refractivity contribution is 0.103. The first kappa shape index (κ1) is 12.8. The van der Waals surface area contributed by atoms with Gasteiger partial charge in [-0.3, -0.25) is 4.79 Å². The van der Waals surface area contributed by atoms with Gasteiger partial charge in [-0.25, -0.2) is 4.39 Å². The van der Waals surface area contributed by atoms with Crippen LogP contribution in [-0.2, 0) is 6.42 Å². The molecule has 0 atom stereocenters. The van der Waals surface area contributed by atoms with Gasteiger partial charge >= 0.3 is 0 Å². The van der Waals surface area contributed by atoms with E-state index in [1.807, 2.05) is 18.4 Å². The summed E-state index contributed by atoms with van der Waals surface area (Å²) in [7, 11) is 1.38. The molecule has 0 bridgehead atoms. The third-order valence-electron chi connectivity index (χ3n) is 2.76. The van der Waals surface area contributed by atoms with E-state index in [1.54, 1.807) is 6.07 Å². The summed E-state index contributed by atoms with van der Waals surface area (Å²) in [6.07, 6.45) is 0.760. The molecule has 4 heteroatoms. The largest absolute Gasteiger partial charge is 0.494 e. The third-order valence-corrected chi connectivity index (χ3v) is 3.72. The van der Waals surface area contributed by atoms with Crippen molar-refractivity contribution in [2.75, 3.05) is 7.11 Å². The average Bonchev–Trinajstić information content (AvgIpc) is 2.86. The number of hydrogen-bond acceptors (Lipinski definition) is 3. The van der Waals surface area contributed by atoms with Crippen molar-refractivity contribution in [2.45, 2.75) is 13.3 Å². The number of thiophene rings is 1. The van der Waals surface area contributed by atoms with E-state index in [0.29, 0.717) is 4.88 Å². The van der Waals surface area contributed by atoms with E-state index in [1.165, 1.54) is 30.6 Å². The molecule has 0 aliphatic rings. The lowest BCUT2D eigenvalue weighted by atomic mass is 10.0. The number of hydrogen-bond donors (Lipinski definition) is 0. The van der Waals surface area contributed by atoms with Crippen molar-refractivity contribution >= 4 is 17.1 Å². The summed E-state index contributed by atoms with van der Waals surface area (Å²) in [6.45, 7) is 1.97. The van der Waals surface area contributed by atoms with E-state index in [-0.39, 0.29) is 17.1 Å². The van der Waals surface area contributed by atoms with Crippen LogP contribution in [0.25, 0.3) is 0 Å². The predicted molar refractivity (Wildman–Crippen MR) is 70.1 cm³/mol. The zero-order valence-corrected chi connectivity index (χ0v) is 11.0. The number of ether oxygens (including phenoxy) is 1. The monoisotopic (exact) mass is 264 g/mol. The summed E-state index contributed by atoms with van der Waals surface area (Å²) in [4.78, 5) is 12.9. The Kier molecular flexibility index (Phi) is 3.77. The molecule has 1 aromatic carbocycles. The zero-order valence-electron chi connectivity index (χ0n) is 10.2. The number of aryl methyl sites for hydroxylation is 1. The molecule has 0 radical (unpaired) electrons. The van der Waals surface area contributed by atoms with Crippen LogP contribution in [0, 0.1) is 5.82 Å². The number of carbonyl (C=O) groups excluding carboxylic acids is 1. The molecule has 0 spiro atoms. The number of methoxy groups -OCH3 is 1. The Hall–Kier alpha value is -1.68. The minimum atomic E-state index is -0.597. The second-order valence-electron chi connectivity index (χ2n) is 3.78. The van der Waals surface area contributed by atoms with Crippen molar-refractivity contribution in [1.82, 2.24) is 0 Å². The predicted octanol–water partition coefficient (Wildman–Crippen LogP) is 3.69. The van der Waals surface area contributed by atoms with Crippen LogP contribution in [0.4, 0.5) is 4.39 Å². The molecule has 0 N–H and O–H groups in total. The molecular weight excluding hydrogens is 251 g/mol. The highest BCUT2D eigenvalue weighted by Crippen LogP contribution is 2.26. The first-order valence-electron chi connectivity index (χ1n) is 5.62. The summed E-state index contributed by atoms with van der Waals surface area (Å²) >= 11 is 1.34. The van der Waals surface area contributed by atoms with Gasteiger partial charge in [-0.05, 0) is 35.6 Å². The fraction of sp³-hybridized carbons (Fsp3) is 0.214. The van der Waals surface area contributed by atoms with E-state index in [0.717, 1.165) is 12.0 Å². The molecule has 0 amide bonds. The van der Waals surface area contributed by atoms with Gasteiger partial charge in [-0.2, -0.15) is 0 Å². The molecule has 0 saturated heterocycles. The Labute approximate surface area is 109 Å². The number of ketones is 1. The van der Waals surface area contributed by atoms with Crippen LogP contribution in [0.2, 0.25) is 0 Å². The second-order valence-corrected chi connectivity index (χ2v) is 4.70. The van der Waals surface area contributed by atoms with Gasteiger partial charge in [0.15, 0.2) is 11.6 Å². The van der Waals surface area contributed by atoms with Crippen molar-refractivity contribution in [1.29, 1.82) is 0 Å². The van der Waals surface area contributed by atoms with Crippen LogP contribution < -0.4 is 4.74 Å². The molecule has 0 unspecified atom stereocenters. The van der Waals surface area contributed by atoms with Crippen molar-refractivity contribution in [3.63, 3.8) is 0 Å². The standard InChI is InChI=1S/C14H13FO2S/c1-3-9-7-8-18-14(9)13(16)10-5-4-6-11(17-2)12(10)15/h4-8H,3H2,1-2H3. The van der Waals surface area contributed by atoms with E-state index in [2.05, 4.69) is 0 Å². The normalized spacial score (nSPS) is 10.4. The van der Waals surface area contributed by atoms with Crippen LogP contribution in [-0.4, -0.2) is 12.9 Å². The number of carbonyl (C=O) groups is 1. The van der Waals surface area contributed by atoms with Crippen LogP contribution in [0.5, 0.6) is 5.75 Å². The minimum absolute atomic E-state index is 0.0616. The Bertz CT molecular complexity index is 575. The quantitative estimate of drug-likeness (QED) is 0.787. The lowest BCUT2D eigenvalue weighted by Crippen LogP contribution is -2.05. The maximum atomic E-state index is 14.0. The topological polar surface area (TPSA) is 26.3 Å². The molecule has 0 fully saturated rings. The summed E-state index contributed by atoms with van der Waals surface area (Å²) in [5.74, 6) is -0.783. The van der Waals surface area contributed by atoms with Crippen molar-refractivity contribution in [3.8, 4) is 5.75 Å². The smallest absolute Gasteiger partial charge is 0.206 e. The highest BCUT2D eigenvalue weighted by atomic mass is 32.1. The summed E-state index contributed by atoms with van der Waals surface area (Å²) in [5.41, 5.74) is 1.01. The summed E-state index contributed by atoms with van der Waals surface area (Å²) in [5, 5.41) is 1.85. The van der Waals surface area contributed by atoms with Gasteiger partial charge in [0.1, 0.15) is 0 Å². The zero-order chi connectivity index (χ0) is 13.1. The molecule has 18 heavy (non-hydrogen) atoms. The van der Waals surface area contributed by atoms with Crippen LogP contribution >= 0.6 is 11.3 Å². The molecule has 1 heterocycles. The number of halogens is 1. The molecule has 2 rings (SSSR count). The maximum absolute atomic E-state index is 14.0. The van der Waals surface area contributed by atoms with Gasteiger partial charge in [0.25, 0.3) is 0 Å². The number of benzene rings is 1. The van der Waals surface area contributed by atoms with E-state index >= 15 is 0 Å². The molecular formula is C14H13FO2S. The van der Waals surface area contributed by atoms with E-state index < -0.39 is 5.82 Å². The van der Waals surface area contributed by atoms with E-state index in [9.17, 15) is 9.18 Å². The van der Waals surface area contributed by atoms with Gasteiger partial charge in [0.05, 0.1) is 17.6 Å². The third kappa shape index (κ3) is 2.16. The van der Waals surface area contributed by atoms with Crippen LogP contribution in [0.15, 0.2) is 29.6 Å². The van der Waals surface area contributed by atoms with Gasteiger partial charge in [-0.15, -0.1) is 11.3 Å². The molecule has 0 saturated carbocycles. The highest BCUT2D eigenvalue weighted by Gasteiger charge is 2.20. The Morgan fingerprint density at radius 2 is 2.17 bits per heavy atom.